The molecule has 3 heterocycles. The minimum Gasteiger partial charge on any atom is -0.351 e. The van der Waals surface area contributed by atoms with Crippen molar-refractivity contribution in [2.24, 2.45) is 4.99 Å². The van der Waals surface area contributed by atoms with Crippen LogP contribution in [0.15, 0.2) is 29.3 Å². The number of nitrogens with zero attached hydrogens (tertiary/aromatic N) is 3. The maximum Gasteiger partial charge on any atom is 0.262 e. The molecule has 0 radical (unpaired) electrons. The van der Waals surface area contributed by atoms with Crippen molar-refractivity contribution in [3.8, 4) is 0 Å². The monoisotopic (exact) mass is 357 g/mol. The van der Waals surface area contributed by atoms with Gasteiger partial charge in [-0.1, -0.05) is 30.0 Å². The van der Waals surface area contributed by atoms with E-state index in [4.69, 9.17) is 0 Å². The fraction of sp³-hybridized carbons (Fsp3) is 0.526. The van der Waals surface area contributed by atoms with E-state index in [-0.39, 0.29) is 23.5 Å². The number of amides is 2. The lowest BCUT2D eigenvalue weighted by atomic mass is 10.0. The Morgan fingerprint density at radius 2 is 1.92 bits per heavy atom. The third-order valence-electron chi connectivity index (χ3n) is 5.13. The molecule has 0 spiro atoms. The minimum atomic E-state index is -0.362. The van der Waals surface area contributed by atoms with Crippen LogP contribution in [0.5, 0.6) is 0 Å². The number of aryl methyl sites for hydroxylation is 1. The average molecular weight is 357 g/mol. The Morgan fingerprint density at radius 3 is 2.76 bits per heavy atom. The fourth-order valence-corrected chi connectivity index (χ4v) is 4.90. The first kappa shape index (κ1) is 16.6. The number of hydrogen-bond acceptors (Lipinski definition) is 4. The molecular formula is C19H23N3O2S. The molecule has 0 bridgehead atoms. The summed E-state index contributed by atoms with van der Waals surface area (Å²) in [7, 11) is 0. The number of fused-ring (bicyclic) bond motifs is 1. The van der Waals surface area contributed by atoms with Crippen LogP contribution in [0.1, 0.15) is 37.7 Å². The van der Waals surface area contributed by atoms with E-state index in [1.807, 2.05) is 23.1 Å². The van der Waals surface area contributed by atoms with Gasteiger partial charge in [-0.3, -0.25) is 9.59 Å². The van der Waals surface area contributed by atoms with Crippen LogP contribution in [-0.2, 0) is 16.0 Å². The van der Waals surface area contributed by atoms with Crippen LogP contribution in [0.4, 0.5) is 5.69 Å². The predicted octanol–water partition coefficient (Wildman–Crippen LogP) is 2.84. The zero-order valence-electron chi connectivity index (χ0n) is 14.3. The predicted molar refractivity (Wildman–Crippen MR) is 101 cm³/mol. The summed E-state index contributed by atoms with van der Waals surface area (Å²) in [5, 5.41) is 0.458. The second-order valence-corrected chi connectivity index (χ2v) is 8.04. The molecule has 1 atom stereocenters. The number of hydrogen-bond donors (Lipinski definition) is 0. The summed E-state index contributed by atoms with van der Waals surface area (Å²) in [5.74, 6) is -0.114. The minimum absolute atomic E-state index is 0.0353. The molecule has 132 valence electrons. The number of likely N-dealkylation sites (tertiary alicyclic amines) is 1. The Bertz CT molecular complexity index is 712. The summed E-state index contributed by atoms with van der Waals surface area (Å²) in [6, 6.07) is 8.08. The van der Waals surface area contributed by atoms with Gasteiger partial charge in [-0.25, -0.2) is 0 Å². The van der Waals surface area contributed by atoms with E-state index in [0.29, 0.717) is 0 Å². The normalized spacial score (nSPS) is 23.4. The molecule has 1 aromatic rings. The number of benzene rings is 1. The lowest BCUT2D eigenvalue weighted by Crippen LogP contribution is -2.37. The van der Waals surface area contributed by atoms with Crippen molar-refractivity contribution < 1.29 is 9.59 Å². The smallest absolute Gasteiger partial charge is 0.262 e. The van der Waals surface area contributed by atoms with Gasteiger partial charge in [0.25, 0.3) is 5.91 Å². The second-order valence-electron chi connectivity index (χ2n) is 6.87. The van der Waals surface area contributed by atoms with E-state index in [2.05, 4.69) is 16.0 Å². The van der Waals surface area contributed by atoms with E-state index in [1.165, 1.54) is 23.7 Å². The van der Waals surface area contributed by atoms with E-state index < -0.39 is 0 Å². The van der Waals surface area contributed by atoms with Crippen LogP contribution < -0.4 is 4.90 Å². The fourth-order valence-electron chi connectivity index (χ4n) is 3.79. The van der Waals surface area contributed by atoms with E-state index in [9.17, 15) is 9.59 Å². The molecule has 25 heavy (non-hydrogen) atoms. The Labute approximate surface area is 152 Å². The molecule has 0 N–H and O–H groups in total. The number of carbonyl (C=O) groups excluding carboxylic acids is 2. The molecule has 0 saturated carbocycles. The summed E-state index contributed by atoms with van der Waals surface area (Å²) in [5.41, 5.74) is 2.23. The SMILES string of the molecule is O=C1N=C(N2CCCCC2)SC1CC(=O)N1CCCc2ccccc21. The number of thioether (sulfide) groups is 1. The number of amidine groups is 1. The quantitative estimate of drug-likeness (QED) is 0.817. The lowest BCUT2D eigenvalue weighted by Gasteiger charge is -2.30. The van der Waals surface area contributed by atoms with Crippen molar-refractivity contribution in [3.05, 3.63) is 29.8 Å². The lowest BCUT2D eigenvalue weighted by molar-refractivity contribution is -0.122. The molecule has 5 nitrogen and oxygen atoms in total. The van der Waals surface area contributed by atoms with Crippen molar-refractivity contribution >= 4 is 34.4 Å². The Hall–Kier alpha value is -1.82. The standard InChI is InChI=1S/C19H23N3O2S/c23-17(22-12-6-8-14-7-2-3-9-15(14)22)13-16-18(24)20-19(25-16)21-10-4-1-5-11-21/h2-3,7,9,16H,1,4-6,8,10-13H2. The molecule has 1 unspecified atom stereocenters. The zero-order valence-corrected chi connectivity index (χ0v) is 15.1. The van der Waals surface area contributed by atoms with Gasteiger partial charge in [0.05, 0.1) is 0 Å². The van der Waals surface area contributed by atoms with Crippen LogP contribution in [0.3, 0.4) is 0 Å². The largest absolute Gasteiger partial charge is 0.351 e. The molecule has 1 fully saturated rings. The summed E-state index contributed by atoms with van der Waals surface area (Å²) >= 11 is 1.48. The van der Waals surface area contributed by atoms with E-state index in [0.717, 1.165) is 56.2 Å². The highest BCUT2D eigenvalue weighted by molar-refractivity contribution is 8.15. The average Bonchev–Trinajstić information content (AvgIpc) is 3.02. The summed E-state index contributed by atoms with van der Waals surface area (Å²) in [6.45, 7) is 2.68. The molecule has 0 aliphatic carbocycles. The second kappa shape index (κ2) is 7.20. The summed E-state index contributed by atoms with van der Waals surface area (Å²) in [4.78, 5) is 33.4. The van der Waals surface area contributed by atoms with Crippen molar-refractivity contribution in [1.29, 1.82) is 0 Å². The van der Waals surface area contributed by atoms with Gasteiger partial charge in [0.2, 0.25) is 5.91 Å². The number of rotatable bonds is 2. The van der Waals surface area contributed by atoms with E-state index in [1.54, 1.807) is 0 Å². The Balaban J connectivity index is 1.41. The number of anilines is 1. The van der Waals surface area contributed by atoms with Gasteiger partial charge in [-0.2, -0.15) is 4.99 Å². The number of aliphatic imine (C=N–C) groups is 1. The van der Waals surface area contributed by atoms with Gasteiger partial charge in [0.15, 0.2) is 5.17 Å². The molecule has 1 aromatic carbocycles. The van der Waals surface area contributed by atoms with Gasteiger partial charge in [0.1, 0.15) is 5.25 Å². The summed E-state index contributed by atoms with van der Waals surface area (Å²) in [6.07, 6.45) is 5.78. The molecule has 0 aromatic heterocycles. The molecule has 4 rings (SSSR count). The summed E-state index contributed by atoms with van der Waals surface area (Å²) < 4.78 is 0. The van der Waals surface area contributed by atoms with Crippen molar-refractivity contribution in [3.63, 3.8) is 0 Å². The first-order valence-corrected chi connectivity index (χ1v) is 10.0. The molecule has 3 aliphatic rings. The highest BCUT2D eigenvalue weighted by atomic mass is 32.2. The number of para-hydroxylation sites is 1. The van der Waals surface area contributed by atoms with Crippen LogP contribution in [0.2, 0.25) is 0 Å². The Kier molecular flexibility index (Phi) is 4.79. The topological polar surface area (TPSA) is 53.0 Å². The highest BCUT2D eigenvalue weighted by Gasteiger charge is 2.35. The van der Waals surface area contributed by atoms with Gasteiger partial charge >= 0.3 is 0 Å². The maximum absolute atomic E-state index is 12.8. The van der Waals surface area contributed by atoms with Gasteiger partial charge < -0.3 is 9.80 Å². The number of carbonyl (C=O) groups is 2. The van der Waals surface area contributed by atoms with Crippen LogP contribution in [0, 0.1) is 0 Å². The first-order valence-electron chi connectivity index (χ1n) is 9.15. The third kappa shape index (κ3) is 3.45. The number of piperidine rings is 1. The molecule has 1 saturated heterocycles. The molecule has 6 heteroatoms. The molecular weight excluding hydrogens is 334 g/mol. The van der Waals surface area contributed by atoms with Gasteiger partial charge in [-0.15, -0.1) is 0 Å². The van der Waals surface area contributed by atoms with Crippen molar-refractivity contribution in [2.75, 3.05) is 24.5 Å². The van der Waals surface area contributed by atoms with Crippen LogP contribution in [0.25, 0.3) is 0 Å². The zero-order chi connectivity index (χ0) is 17.2. The van der Waals surface area contributed by atoms with Gasteiger partial charge in [-0.05, 0) is 43.7 Å². The first-order chi connectivity index (χ1) is 12.2. The molecule has 3 aliphatic heterocycles. The maximum atomic E-state index is 12.8. The van der Waals surface area contributed by atoms with Crippen LogP contribution in [-0.4, -0.2) is 46.8 Å². The third-order valence-corrected chi connectivity index (χ3v) is 6.34. The van der Waals surface area contributed by atoms with Crippen LogP contribution >= 0.6 is 11.8 Å². The van der Waals surface area contributed by atoms with E-state index >= 15 is 0 Å². The molecule has 2 amide bonds. The van der Waals surface area contributed by atoms with Crippen molar-refractivity contribution in [1.82, 2.24) is 4.90 Å². The highest BCUT2D eigenvalue weighted by Crippen LogP contribution is 2.32. The Morgan fingerprint density at radius 1 is 1.12 bits per heavy atom. The van der Waals surface area contributed by atoms with Gasteiger partial charge in [0, 0.05) is 31.7 Å². The van der Waals surface area contributed by atoms with Crippen molar-refractivity contribution in [2.45, 2.75) is 43.8 Å².